The number of halogens is 1. The van der Waals surface area contributed by atoms with E-state index in [9.17, 15) is 9.59 Å². The van der Waals surface area contributed by atoms with E-state index in [-0.39, 0.29) is 24.2 Å². The summed E-state index contributed by atoms with van der Waals surface area (Å²) in [6, 6.07) is 7.35. The Morgan fingerprint density at radius 1 is 1.45 bits per heavy atom. The van der Waals surface area contributed by atoms with E-state index >= 15 is 0 Å². The number of carbonyl (C=O) groups excluding carboxylic acids is 2. The van der Waals surface area contributed by atoms with Gasteiger partial charge in [-0.25, -0.2) is 0 Å². The van der Waals surface area contributed by atoms with Crippen LogP contribution in [0.1, 0.15) is 39.5 Å². The summed E-state index contributed by atoms with van der Waals surface area (Å²) in [5, 5.41) is 2.84. The molecule has 2 rings (SSSR count). The van der Waals surface area contributed by atoms with Crippen LogP contribution >= 0.6 is 12.4 Å². The van der Waals surface area contributed by atoms with E-state index < -0.39 is 5.54 Å². The second kappa shape index (κ2) is 7.61. The summed E-state index contributed by atoms with van der Waals surface area (Å²) >= 11 is 0. The molecule has 0 bridgehead atoms. The molecule has 0 radical (unpaired) electrons. The molecule has 122 valence electrons. The van der Waals surface area contributed by atoms with Crippen LogP contribution in [0.25, 0.3) is 0 Å². The minimum absolute atomic E-state index is 0. The van der Waals surface area contributed by atoms with Crippen LogP contribution in [0.4, 0.5) is 11.4 Å². The topological polar surface area (TPSA) is 75.4 Å². The SMILES string of the molecule is CCCC(C)(N)C(=O)Nc1cccc(N2CCCC2=O)c1.Cl. The summed E-state index contributed by atoms with van der Waals surface area (Å²) in [5.41, 5.74) is 6.64. The molecule has 5 nitrogen and oxygen atoms in total. The van der Waals surface area contributed by atoms with Crippen molar-refractivity contribution >= 4 is 35.6 Å². The number of nitrogens with zero attached hydrogens (tertiary/aromatic N) is 1. The average Bonchev–Trinajstić information content (AvgIpc) is 2.85. The van der Waals surface area contributed by atoms with Gasteiger partial charge in [-0.1, -0.05) is 19.4 Å². The molecule has 3 N–H and O–H groups in total. The molecule has 1 aliphatic heterocycles. The molecule has 1 fully saturated rings. The molecule has 1 aromatic rings. The molecule has 1 saturated heterocycles. The minimum atomic E-state index is -0.881. The summed E-state index contributed by atoms with van der Waals surface area (Å²) in [4.78, 5) is 25.7. The predicted molar refractivity (Wildman–Crippen MR) is 91.4 cm³/mol. The van der Waals surface area contributed by atoms with Gasteiger partial charge < -0.3 is 16.0 Å². The van der Waals surface area contributed by atoms with E-state index in [1.165, 1.54) is 0 Å². The van der Waals surface area contributed by atoms with Gasteiger partial charge in [-0.3, -0.25) is 9.59 Å². The van der Waals surface area contributed by atoms with Gasteiger partial charge in [-0.05, 0) is 38.0 Å². The van der Waals surface area contributed by atoms with Crippen LogP contribution in [0.15, 0.2) is 24.3 Å². The summed E-state index contributed by atoms with van der Waals surface area (Å²) in [7, 11) is 0. The number of benzene rings is 1. The third kappa shape index (κ3) is 4.21. The van der Waals surface area contributed by atoms with E-state index in [4.69, 9.17) is 5.73 Å². The number of amides is 2. The molecule has 1 unspecified atom stereocenters. The van der Waals surface area contributed by atoms with Crippen molar-refractivity contribution in [2.24, 2.45) is 5.73 Å². The third-order valence-electron chi connectivity index (χ3n) is 3.78. The van der Waals surface area contributed by atoms with Crippen molar-refractivity contribution in [3.8, 4) is 0 Å². The number of anilines is 2. The average molecular weight is 326 g/mol. The normalized spacial score (nSPS) is 16.9. The van der Waals surface area contributed by atoms with Crippen LogP contribution in [0, 0.1) is 0 Å². The van der Waals surface area contributed by atoms with Crippen molar-refractivity contribution in [3.63, 3.8) is 0 Å². The van der Waals surface area contributed by atoms with Gasteiger partial charge in [0.2, 0.25) is 11.8 Å². The standard InChI is InChI=1S/C16H23N3O2.ClH/c1-3-9-16(2,17)15(21)18-12-6-4-7-13(11-12)19-10-5-8-14(19)20;/h4,6-7,11H,3,5,8-10,17H2,1-2H3,(H,18,21);1H. The van der Waals surface area contributed by atoms with Crippen molar-refractivity contribution < 1.29 is 9.59 Å². The smallest absolute Gasteiger partial charge is 0.244 e. The monoisotopic (exact) mass is 325 g/mol. The Bertz CT molecular complexity index is 546. The highest BCUT2D eigenvalue weighted by Gasteiger charge is 2.27. The lowest BCUT2D eigenvalue weighted by molar-refractivity contribution is -0.121. The highest BCUT2D eigenvalue weighted by Crippen LogP contribution is 2.24. The molecule has 6 heteroatoms. The third-order valence-corrected chi connectivity index (χ3v) is 3.78. The first kappa shape index (κ1) is 18.5. The maximum atomic E-state index is 12.2. The Labute approximate surface area is 137 Å². The zero-order chi connectivity index (χ0) is 15.5. The fourth-order valence-corrected chi connectivity index (χ4v) is 2.58. The number of hydrogen-bond donors (Lipinski definition) is 2. The van der Waals surface area contributed by atoms with Gasteiger partial charge in [0, 0.05) is 24.3 Å². The lowest BCUT2D eigenvalue weighted by Crippen LogP contribution is -2.48. The van der Waals surface area contributed by atoms with Crippen molar-refractivity contribution in [2.75, 3.05) is 16.8 Å². The summed E-state index contributed by atoms with van der Waals surface area (Å²) in [6.07, 6.45) is 2.95. The van der Waals surface area contributed by atoms with E-state index in [0.29, 0.717) is 18.5 Å². The number of rotatable bonds is 5. The Morgan fingerprint density at radius 2 is 2.18 bits per heavy atom. The van der Waals surface area contributed by atoms with E-state index in [0.717, 1.165) is 25.1 Å². The van der Waals surface area contributed by atoms with Crippen LogP contribution < -0.4 is 16.0 Å². The van der Waals surface area contributed by atoms with Gasteiger partial charge in [0.25, 0.3) is 0 Å². The molecule has 2 amide bonds. The molecule has 1 aliphatic rings. The predicted octanol–water partition coefficient (Wildman–Crippen LogP) is 2.69. The van der Waals surface area contributed by atoms with Gasteiger partial charge in [0.15, 0.2) is 0 Å². The zero-order valence-electron chi connectivity index (χ0n) is 13.1. The molecule has 1 heterocycles. The van der Waals surface area contributed by atoms with Gasteiger partial charge >= 0.3 is 0 Å². The van der Waals surface area contributed by atoms with Crippen LogP contribution in [0.2, 0.25) is 0 Å². The lowest BCUT2D eigenvalue weighted by Gasteiger charge is -2.23. The van der Waals surface area contributed by atoms with Gasteiger partial charge in [-0.2, -0.15) is 0 Å². The van der Waals surface area contributed by atoms with Crippen molar-refractivity contribution in [1.29, 1.82) is 0 Å². The Hall–Kier alpha value is -1.59. The quantitative estimate of drug-likeness (QED) is 0.874. The van der Waals surface area contributed by atoms with Crippen molar-refractivity contribution in [1.82, 2.24) is 0 Å². The van der Waals surface area contributed by atoms with E-state index in [1.807, 2.05) is 31.2 Å². The Morgan fingerprint density at radius 3 is 2.77 bits per heavy atom. The number of nitrogens with one attached hydrogen (secondary N) is 1. The van der Waals surface area contributed by atoms with Crippen LogP contribution in [-0.2, 0) is 9.59 Å². The molecule has 0 spiro atoms. The van der Waals surface area contributed by atoms with E-state index in [1.54, 1.807) is 11.8 Å². The first-order chi connectivity index (χ1) is 9.94. The van der Waals surface area contributed by atoms with Gasteiger partial charge in [0.1, 0.15) is 0 Å². The fourth-order valence-electron chi connectivity index (χ4n) is 2.58. The molecule has 0 aliphatic carbocycles. The fraction of sp³-hybridized carbons (Fsp3) is 0.500. The maximum Gasteiger partial charge on any atom is 0.244 e. The molecular weight excluding hydrogens is 302 g/mol. The lowest BCUT2D eigenvalue weighted by atomic mass is 9.96. The summed E-state index contributed by atoms with van der Waals surface area (Å²) in [6.45, 7) is 4.47. The molecule has 0 aromatic heterocycles. The van der Waals surface area contributed by atoms with Crippen molar-refractivity contribution in [2.45, 2.75) is 45.1 Å². The highest BCUT2D eigenvalue weighted by molar-refractivity contribution is 5.99. The minimum Gasteiger partial charge on any atom is -0.324 e. The molecule has 1 aromatic carbocycles. The van der Waals surface area contributed by atoms with Gasteiger partial charge in [-0.15, -0.1) is 12.4 Å². The first-order valence-electron chi connectivity index (χ1n) is 7.45. The van der Waals surface area contributed by atoms with Crippen molar-refractivity contribution in [3.05, 3.63) is 24.3 Å². The highest BCUT2D eigenvalue weighted by atomic mass is 35.5. The summed E-state index contributed by atoms with van der Waals surface area (Å²) < 4.78 is 0. The second-order valence-electron chi connectivity index (χ2n) is 5.82. The van der Waals surface area contributed by atoms with E-state index in [2.05, 4.69) is 5.32 Å². The number of hydrogen-bond acceptors (Lipinski definition) is 3. The van der Waals surface area contributed by atoms with Gasteiger partial charge in [0.05, 0.1) is 5.54 Å². The Balaban J connectivity index is 0.00000242. The zero-order valence-corrected chi connectivity index (χ0v) is 13.9. The number of carbonyl (C=O) groups is 2. The van der Waals surface area contributed by atoms with Crippen LogP contribution in [0.5, 0.6) is 0 Å². The van der Waals surface area contributed by atoms with Crippen LogP contribution in [0.3, 0.4) is 0 Å². The largest absolute Gasteiger partial charge is 0.324 e. The number of nitrogens with two attached hydrogens (primary N) is 1. The molecule has 0 saturated carbocycles. The van der Waals surface area contributed by atoms with Crippen LogP contribution in [-0.4, -0.2) is 23.9 Å². The summed E-state index contributed by atoms with van der Waals surface area (Å²) in [5.74, 6) is -0.0672. The Kier molecular flexibility index (Phi) is 6.38. The second-order valence-corrected chi connectivity index (χ2v) is 5.82. The molecule has 22 heavy (non-hydrogen) atoms. The molecular formula is C16H24ClN3O2. The molecule has 1 atom stereocenters. The first-order valence-corrected chi connectivity index (χ1v) is 7.45. The maximum absolute atomic E-state index is 12.2.